The van der Waals surface area contributed by atoms with E-state index in [4.69, 9.17) is 0 Å². The summed E-state index contributed by atoms with van der Waals surface area (Å²) in [5, 5.41) is 3.73. The second-order valence-corrected chi connectivity index (χ2v) is 1.74. The van der Waals surface area contributed by atoms with Crippen LogP contribution in [0, 0.1) is 0 Å². The van der Waals surface area contributed by atoms with Crippen LogP contribution < -0.4 is 0 Å². The number of rotatable bonds is 2. The van der Waals surface area contributed by atoms with Gasteiger partial charge in [0, 0.05) is 6.07 Å². The number of aryl methyl sites for hydroxylation is 1. The van der Waals surface area contributed by atoms with Gasteiger partial charge < -0.3 is 4.52 Å². The normalized spacial score (nSPS) is 8.56. The number of nitrogens with zero attached hydrogens (tertiary/aromatic N) is 1. The van der Waals surface area contributed by atoms with Gasteiger partial charge in [-0.15, -0.1) is 12.4 Å². The Morgan fingerprint density at radius 1 is 1.67 bits per heavy atom. The molecule has 2 nitrogen and oxygen atoms in total. The van der Waals surface area contributed by atoms with Crippen LogP contribution in [0.1, 0.15) is 19.0 Å². The molecule has 0 atom stereocenters. The van der Waals surface area contributed by atoms with Gasteiger partial charge in [0.25, 0.3) is 0 Å². The molecule has 0 fully saturated rings. The predicted molar refractivity (Wildman–Crippen MR) is 37.7 cm³/mol. The maximum Gasteiger partial charge on any atom is 0.124 e. The van der Waals surface area contributed by atoms with E-state index in [-0.39, 0.29) is 12.4 Å². The van der Waals surface area contributed by atoms with Crippen LogP contribution in [0.15, 0.2) is 16.9 Å². The zero-order chi connectivity index (χ0) is 5.82. The molecule has 0 saturated carbocycles. The Bertz CT molecular complexity index is 139. The first kappa shape index (κ1) is 8.50. The minimum Gasteiger partial charge on any atom is -0.365 e. The minimum atomic E-state index is 0. The molecular weight excluding hydrogens is 138 g/mol. The molecule has 0 radical (unpaired) electrons. The molecular formula is C6H10ClNO. The van der Waals surface area contributed by atoms with Crippen LogP contribution in [-0.4, -0.2) is 5.16 Å². The summed E-state index contributed by atoms with van der Waals surface area (Å²) in [6.07, 6.45) is 3.76. The summed E-state index contributed by atoms with van der Waals surface area (Å²) >= 11 is 0. The van der Waals surface area contributed by atoms with Crippen LogP contribution in [-0.2, 0) is 6.42 Å². The third kappa shape index (κ3) is 2.51. The van der Waals surface area contributed by atoms with Gasteiger partial charge in [-0.2, -0.15) is 0 Å². The molecule has 52 valence electrons. The second kappa shape index (κ2) is 4.39. The monoisotopic (exact) mass is 147 g/mol. The summed E-state index contributed by atoms with van der Waals surface area (Å²) in [6, 6.07) is 1.89. The van der Waals surface area contributed by atoms with Gasteiger partial charge in [-0.3, -0.25) is 0 Å². The molecule has 0 N–H and O–H groups in total. The fraction of sp³-hybridized carbons (Fsp3) is 0.500. The summed E-state index contributed by atoms with van der Waals surface area (Å²) in [5.74, 6) is 0. The number of aromatic nitrogens is 1. The lowest BCUT2D eigenvalue weighted by Crippen LogP contribution is -1.78. The molecule has 0 aliphatic rings. The van der Waals surface area contributed by atoms with E-state index in [2.05, 4.69) is 16.6 Å². The van der Waals surface area contributed by atoms with Gasteiger partial charge in [0.05, 0.1) is 5.69 Å². The van der Waals surface area contributed by atoms with Crippen molar-refractivity contribution in [1.82, 2.24) is 5.16 Å². The molecule has 0 unspecified atom stereocenters. The van der Waals surface area contributed by atoms with Gasteiger partial charge in [-0.05, 0) is 6.42 Å². The van der Waals surface area contributed by atoms with Crippen molar-refractivity contribution in [2.24, 2.45) is 0 Å². The van der Waals surface area contributed by atoms with E-state index >= 15 is 0 Å². The first-order chi connectivity index (χ1) is 3.93. The standard InChI is InChI=1S/C6H9NO.ClH/c1-2-3-6-4-5-8-7-6;/h4-5H,2-3H2,1H3;1H. The maximum atomic E-state index is 4.62. The SMILES string of the molecule is CCCc1ccon1.Cl. The molecule has 0 aromatic carbocycles. The van der Waals surface area contributed by atoms with E-state index in [0.717, 1.165) is 18.5 Å². The van der Waals surface area contributed by atoms with Crippen molar-refractivity contribution in [1.29, 1.82) is 0 Å². The van der Waals surface area contributed by atoms with E-state index in [0.29, 0.717) is 0 Å². The Kier molecular flexibility index (Phi) is 4.14. The fourth-order valence-electron chi connectivity index (χ4n) is 0.623. The van der Waals surface area contributed by atoms with Crippen molar-refractivity contribution in [2.45, 2.75) is 19.8 Å². The quantitative estimate of drug-likeness (QED) is 0.640. The average molecular weight is 148 g/mol. The van der Waals surface area contributed by atoms with Crippen LogP contribution in [0.2, 0.25) is 0 Å². The minimum absolute atomic E-state index is 0. The fourth-order valence-corrected chi connectivity index (χ4v) is 0.623. The van der Waals surface area contributed by atoms with Crippen LogP contribution in [0.5, 0.6) is 0 Å². The average Bonchev–Trinajstić information content (AvgIpc) is 2.19. The van der Waals surface area contributed by atoms with E-state index in [1.807, 2.05) is 6.07 Å². The van der Waals surface area contributed by atoms with E-state index in [9.17, 15) is 0 Å². The Morgan fingerprint density at radius 2 is 2.44 bits per heavy atom. The Morgan fingerprint density at radius 3 is 2.89 bits per heavy atom. The van der Waals surface area contributed by atoms with Gasteiger partial charge in [0.2, 0.25) is 0 Å². The van der Waals surface area contributed by atoms with Crippen molar-refractivity contribution >= 4 is 12.4 Å². The van der Waals surface area contributed by atoms with Gasteiger partial charge in [-0.25, -0.2) is 0 Å². The largest absolute Gasteiger partial charge is 0.365 e. The summed E-state index contributed by atoms with van der Waals surface area (Å²) in [4.78, 5) is 0. The molecule has 1 aromatic heterocycles. The van der Waals surface area contributed by atoms with Gasteiger partial charge in [-0.1, -0.05) is 18.5 Å². The van der Waals surface area contributed by atoms with Crippen LogP contribution in [0.25, 0.3) is 0 Å². The number of halogens is 1. The Balaban J connectivity index is 0.000000640. The number of hydrogen-bond acceptors (Lipinski definition) is 2. The second-order valence-electron chi connectivity index (χ2n) is 1.74. The molecule has 3 heteroatoms. The van der Waals surface area contributed by atoms with Crippen molar-refractivity contribution < 1.29 is 4.52 Å². The Labute approximate surface area is 60.6 Å². The third-order valence-electron chi connectivity index (χ3n) is 0.997. The highest BCUT2D eigenvalue weighted by Gasteiger charge is 1.90. The number of hydrogen-bond donors (Lipinski definition) is 0. The molecule has 1 rings (SSSR count). The first-order valence-corrected chi connectivity index (χ1v) is 2.82. The zero-order valence-corrected chi connectivity index (χ0v) is 6.15. The van der Waals surface area contributed by atoms with Crippen LogP contribution in [0.4, 0.5) is 0 Å². The van der Waals surface area contributed by atoms with Crippen molar-refractivity contribution in [3.63, 3.8) is 0 Å². The summed E-state index contributed by atoms with van der Waals surface area (Å²) in [7, 11) is 0. The van der Waals surface area contributed by atoms with E-state index < -0.39 is 0 Å². The van der Waals surface area contributed by atoms with Gasteiger partial charge in [0.15, 0.2) is 0 Å². The molecule has 1 heterocycles. The van der Waals surface area contributed by atoms with Crippen molar-refractivity contribution in [2.75, 3.05) is 0 Å². The molecule has 0 saturated heterocycles. The summed E-state index contributed by atoms with van der Waals surface area (Å²) in [5.41, 5.74) is 1.05. The predicted octanol–water partition coefficient (Wildman–Crippen LogP) is 2.05. The summed E-state index contributed by atoms with van der Waals surface area (Å²) < 4.78 is 4.62. The van der Waals surface area contributed by atoms with Crippen LogP contribution >= 0.6 is 12.4 Å². The molecule has 0 aliphatic carbocycles. The highest BCUT2D eigenvalue weighted by atomic mass is 35.5. The van der Waals surface area contributed by atoms with Crippen LogP contribution in [0.3, 0.4) is 0 Å². The third-order valence-corrected chi connectivity index (χ3v) is 0.997. The molecule has 0 aliphatic heterocycles. The highest BCUT2D eigenvalue weighted by Crippen LogP contribution is 1.96. The highest BCUT2D eigenvalue weighted by molar-refractivity contribution is 5.85. The van der Waals surface area contributed by atoms with Crippen molar-refractivity contribution in [3.8, 4) is 0 Å². The molecule has 1 aromatic rings. The first-order valence-electron chi connectivity index (χ1n) is 2.82. The lowest BCUT2D eigenvalue weighted by Gasteiger charge is -1.82. The molecule has 0 bridgehead atoms. The zero-order valence-electron chi connectivity index (χ0n) is 5.33. The lowest BCUT2D eigenvalue weighted by molar-refractivity contribution is 0.411. The maximum absolute atomic E-state index is 4.62. The summed E-state index contributed by atoms with van der Waals surface area (Å²) in [6.45, 7) is 2.12. The topological polar surface area (TPSA) is 26.0 Å². The molecule has 0 amide bonds. The smallest absolute Gasteiger partial charge is 0.124 e. The van der Waals surface area contributed by atoms with E-state index in [1.54, 1.807) is 6.26 Å². The Hall–Kier alpha value is -0.500. The van der Waals surface area contributed by atoms with Gasteiger partial charge in [0.1, 0.15) is 6.26 Å². The molecule has 9 heavy (non-hydrogen) atoms. The molecule has 0 spiro atoms. The lowest BCUT2D eigenvalue weighted by atomic mass is 10.3. The van der Waals surface area contributed by atoms with Crippen molar-refractivity contribution in [3.05, 3.63) is 18.0 Å². The van der Waals surface area contributed by atoms with E-state index in [1.165, 1.54) is 0 Å². The van der Waals surface area contributed by atoms with Gasteiger partial charge >= 0.3 is 0 Å².